The minimum absolute atomic E-state index is 0.0771. The molecule has 3 nitrogen and oxygen atoms in total. The zero-order chi connectivity index (χ0) is 13.5. The smallest absolute Gasteiger partial charge is 0.306 e. The summed E-state index contributed by atoms with van der Waals surface area (Å²) in [4.78, 5) is 11.3. The third-order valence-corrected chi connectivity index (χ3v) is 3.03. The van der Waals surface area contributed by atoms with Crippen LogP contribution in [0.4, 0.5) is 0 Å². The number of esters is 1. The van der Waals surface area contributed by atoms with Crippen LogP contribution in [0.2, 0.25) is 5.02 Å². The van der Waals surface area contributed by atoms with Gasteiger partial charge < -0.3 is 10.5 Å². The van der Waals surface area contributed by atoms with E-state index in [1.54, 1.807) is 0 Å². The van der Waals surface area contributed by atoms with Gasteiger partial charge >= 0.3 is 5.97 Å². The Balaban J connectivity index is 2.46. The average Bonchev–Trinajstić information content (AvgIpc) is 2.29. The topological polar surface area (TPSA) is 52.3 Å². The average molecular weight is 270 g/mol. The van der Waals surface area contributed by atoms with E-state index in [1.807, 2.05) is 38.1 Å². The molecule has 0 aliphatic heterocycles. The van der Waals surface area contributed by atoms with Crippen molar-refractivity contribution in [2.45, 2.75) is 32.7 Å². The van der Waals surface area contributed by atoms with Crippen LogP contribution in [0.1, 0.15) is 38.3 Å². The maximum atomic E-state index is 11.3. The van der Waals surface area contributed by atoms with Crippen LogP contribution in [0, 0.1) is 5.92 Å². The van der Waals surface area contributed by atoms with E-state index in [4.69, 9.17) is 22.1 Å². The molecule has 0 saturated heterocycles. The maximum Gasteiger partial charge on any atom is 0.306 e. The molecule has 2 unspecified atom stereocenters. The van der Waals surface area contributed by atoms with E-state index >= 15 is 0 Å². The first-order chi connectivity index (χ1) is 8.52. The van der Waals surface area contributed by atoms with E-state index in [2.05, 4.69) is 0 Å². The van der Waals surface area contributed by atoms with Gasteiger partial charge in [0.05, 0.1) is 6.61 Å². The number of halogens is 1. The van der Waals surface area contributed by atoms with Crippen LogP contribution in [0.3, 0.4) is 0 Å². The van der Waals surface area contributed by atoms with E-state index in [0.29, 0.717) is 18.1 Å². The summed E-state index contributed by atoms with van der Waals surface area (Å²) in [6.07, 6.45) is 1.16. The number of carbonyl (C=O) groups is 1. The van der Waals surface area contributed by atoms with Gasteiger partial charge in [-0.05, 0) is 37.0 Å². The van der Waals surface area contributed by atoms with Gasteiger partial charge in [0, 0.05) is 17.5 Å². The highest BCUT2D eigenvalue weighted by Crippen LogP contribution is 2.22. The van der Waals surface area contributed by atoms with Crippen molar-refractivity contribution < 1.29 is 9.53 Å². The van der Waals surface area contributed by atoms with Gasteiger partial charge in [0.25, 0.3) is 0 Å². The molecule has 4 heteroatoms. The molecule has 2 N–H and O–H groups in total. The van der Waals surface area contributed by atoms with Gasteiger partial charge in [0.1, 0.15) is 0 Å². The van der Waals surface area contributed by atoms with Gasteiger partial charge in [-0.2, -0.15) is 0 Å². The molecule has 1 rings (SSSR count). The Morgan fingerprint density at radius 3 is 2.56 bits per heavy atom. The lowest BCUT2D eigenvalue weighted by atomic mass is 9.94. The Morgan fingerprint density at radius 2 is 2.00 bits per heavy atom. The largest absolute Gasteiger partial charge is 0.466 e. The first-order valence-corrected chi connectivity index (χ1v) is 6.57. The van der Waals surface area contributed by atoms with Gasteiger partial charge in [-0.3, -0.25) is 4.79 Å². The highest BCUT2D eigenvalue weighted by Gasteiger charge is 2.15. The van der Waals surface area contributed by atoms with Crippen molar-refractivity contribution in [1.29, 1.82) is 0 Å². The maximum absolute atomic E-state index is 11.3. The van der Waals surface area contributed by atoms with Crippen LogP contribution < -0.4 is 5.73 Å². The molecule has 0 aliphatic rings. The Kier molecular flexibility index (Phi) is 6.16. The Hall–Kier alpha value is -1.06. The van der Waals surface area contributed by atoms with Crippen molar-refractivity contribution in [3.05, 3.63) is 34.9 Å². The van der Waals surface area contributed by atoms with E-state index < -0.39 is 0 Å². The summed E-state index contributed by atoms with van der Waals surface area (Å²) < 4.78 is 4.92. The number of ether oxygens (including phenoxy) is 1. The van der Waals surface area contributed by atoms with Gasteiger partial charge in [0.15, 0.2) is 0 Å². The fraction of sp³-hybridized carbons (Fsp3) is 0.500. The molecule has 0 bridgehead atoms. The normalized spacial score (nSPS) is 14.0. The lowest BCUT2D eigenvalue weighted by molar-refractivity contribution is -0.144. The van der Waals surface area contributed by atoms with E-state index in [1.165, 1.54) is 0 Å². The molecule has 100 valence electrons. The monoisotopic (exact) mass is 269 g/mol. The standard InChI is InChI=1S/C14H20ClNO2/c1-3-18-14(17)9-10(2)8-13(16)11-4-6-12(15)7-5-11/h4-7,10,13H,3,8-9,16H2,1-2H3. The Bertz CT molecular complexity index is 378. The molecule has 0 radical (unpaired) electrons. The summed E-state index contributed by atoms with van der Waals surface area (Å²) in [6.45, 7) is 4.24. The predicted molar refractivity (Wildman–Crippen MR) is 73.4 cm³/mol. The molecule has 1 aromatic carbocycles. The lowest BCUT2D eigenvalue weighted by Gasteiger charge is -2.17. The molecule has 0 aromatic heterocycles. The summed E-state index contributed by atoms with van der Waals surface area (Å²) in [5.74, 6) is 0.0445. The number of rotatable bonds is 6. The molecule has 0 saturated carbocycles. The number of hydrogen-bond donors (Lipinski definition) is 1. The highest BCUT2D eigenvalue weighted by atomic mass is 35.5. The van der Waals surface area contributed by atoms with Crippen LogP contribution >= 0.6 is 11.6 Å². The van der Waals surface area contributed by atoms with Crippen LogP contribution in [0.5, 0.6) is 0 Å². The SMILES string of the molecule is CCOC(=O)CC(C)CC(N)c1ccc(Cl)cc1. The Labute approximate surface area is 113 Å². The number of benzene rings is 1. The molecular formula is C14H20ClNO2. The first-order valence-electron chi connectivity index (χ1n) is 6.19. The third kappa shape index (κ3) is 5.07. The zero-order valence-electron chi connectivity index (χ0n) is 10.9. The summed E-state index contributed by atoms with van der Waals surface area (Å²) >= 11 is 5.82. The van der Waals surface area contributed by atoms with E-state index in [-0.39, 0.29) is 17.9 Å². The summed E-state index contributed by atoms with van der Waals surface area (Å²) in [7, 11) is 0. The number of carbonyl (C=O) groups excluding carboxylic acids is 1. The Morgan fingerprint density at radius 1 is 1.39 bits per heavy atom. The number of hydrogen-bond acceptors (Lipinski definition) is 3. The minimum atomic E-state index is -0.159. The predicted octanol–water partition coefficient (Wildman–Crippen LogP) is 3.32. The molecule has 1 aromatic rings. The molecule has 18 heavy (non-hydrogen) atoms. The van der Waals surface area contributed by atoms with Gasteiger partial charge in [0.2, 0.25) is 0 Å². The second-order valence-corrected chi connectivity index (χ2v) is 4.94. The lowest BCUT2D eigenvalue weighted by Crippen LogP contribution is -2.17. The summed E-state index contributed by atoms with van der Waals surface area (Å²) in [6, 6.07) is 7.42. The van der Waals surface area contributed by atoms with E-state index in [0.717, 1.165) is 12.0 Å². The molecule has 0 aliphatic carbocycles. The number of nitrogens with two attached hydrogens (primary N) is 1. The van der Waals surface area contributed by atoms with Crippen molar-refractivity contribution in [2.75, 3.05) is 6.61 Å². The fourth-order valence-electron chi connectivity index (χ4n) is 1.87. The van der Waals surface area contributed by atoms with Crippen LogP contribution in [-0.4, -0.2) is 12.6 Å². The van der Waals surface area contributed by atoms with Crippen LogP contribution in [0.25, 0.3) is 0 Å². The summed E-state index contributed by atoms with van der Waals surface area (Å²) in [5.41, 5.74) is 7.14. The van der Waals surface area contributed by atoms with Crippen molar-refractivity contribution in [3.8, 4) is 0 Å². The molecule has 2 atom stereocenters. The summed E-state index contributed by atoms with van der Waals surface area (Å²) in [5, 5.41) is 0.700. The second-order valence-electron chi connectivity index (χ2n) is 4.51. The van der Waals surface area contributed by atoms with Crippen molar-refractivity contribution in [3.63, 3.8) is 0 Å². The van der Waals surface area contributed by atoms with Gasteiger partial charge in [-0.1, -0.05) is 30.7 Å². The van der Waals surface area contributed by atoms with Crippen molar-refractivity contribution in [1.82, 2.24) is 0 Å². The molecular weight excluding hydrogens is 250 g/mol. The quantitative estimate of drug-likeness (QED) is 0.806. The zero-order valence-corrected chi connectivity index (χ0v) is 11.6. The third-order valence-electron chi connectivity index (χ3n) is 2.77. The molecule has 0 amide bonds. The second kappa shape index (κ2) is 7.39. The molecule has 0 heterocycles. The molecule has 0 fully saturated rings. The van der Waals surface area contributed by atoms with Crippen molar-refractivity contribution >= 4 is 17.6 Å². The molecule has 0 spiro atoms. The first kappa shape index (κ1) is 15.0. The van der Waals surface area contributed by atoms with Gasteiger partial charge in [-0.15, -0.1) is 0 Å². The van der Waals surface area contributed by atoms with Crippen LogP contribution in [-0.2, 0) is 9.53 Å². The van der Waals surface area contributed by atoms with E-state index in [9.17, 15) is 4.79 Å². The van der Waals surface area contributed by atoms with Crippen LogP contribution in [0.15, 0.2) is 24.3 Å². The fourth-order valence-corrected chi connectivity index (χ4v) is 1.99. The van der Waals surface area contributed by atoms with Gasteiger partial charge in [-0.25, -0.2) is 0 Å². The minimum Gasteiger partial charge on any atom is -0.466 e. The van der Waals surface area contributed by atoms with Crippen molar-refractivity contribution in [2.24, 2.45) is 11.7 Å². The highest BCUT2D eigenvalue weighted by molar-refractivity contribution is 6.30.